The highest BCUT2D eigenvalue weighted by Gasteiger charge is 2.43. The maximum Gasteiger partial charge on any atom is 0.308 e. The number of carbonyl (C=O) groups is 1. The number of hydrogen-bond acceptors (Lipinski definition) is 4. The number of carbonyl (C=O) groups excluding carboxylic acids is 1. The largest absolute Gasteiger partial charge is 0.504 e. The molecule has 4 nitrogen and oxygen atoms in total. The second-order valence-corrected chi connectivity index (χ2v) is 4.86. The molecule has 1 aromatic rings. The lowest BCUT2D eigenvalue weighted by atomic mass is 10.0. The molecule has 4 heteroatoms. The minimum atomic E-state index is -0.114. The van der Waals surface area contributed by atoms with E-state index in [1.54, 1.807) is 6.07 Å². The van der Waals surface area contributed by atoms with Crippen molar-refractivity contribution in [1.82, 2.24) is 0 Å². The zero-order valence-corrected chi connectivity index (χ0v) is 11.4. The van der Waals surface area contributed by atoms with Crippen LogP contribution in [0.1, 0.15) is 25.3 Å². The number of aromatic hydroxyl groups is 1. The molecule has 0 bridgehead atoms. The van der Waals surface area contributed by atoms with Crippen molar-refractivity contribution < 1.29 is 19.4 Å². The monoisotopic (exact) mass is 264 g/mol. The molecule has 0 radical (unpaired) electrons. The van der Waals surface area contributed by atoms with Gasteiger partial charge in [-0.3, -0.25) is 4.79 Å². The predicted octanol–water partition coefficient (Wildman–Crippen LogP) is 2.53. The summed E-state index contributed by atoms with van der Waals surface area (Å²) in [5.41, 5.74) is 0.876. The normalized spacial score (nSPS) is 20.9. The van der Waals surface area contributed by atoms with E-state index in [-0.39, 0.29) is 17.6 Å². The Balaban J connectivity index is 1.90. The van der Waals surface area contributed by atoms with E-state index in [1.807, 2.05) is 19.1 Å². The molecule has 2 unspecified atom stereocenters. The smallest absolute Gasteiger partial charge is 0.308 e. The fraction of sp³-hybridized carbons (Fsp3) is 0.533. The van der Waals surface area contributed by atoms with E-state index in [4.69, 9.17) is 9.47 Å². The molecule has 1 aliphatic rings. The zero-order chi connectivity index (χ0) is 13.8. The van der Waals surface area contributed by atoms with E-state index in [2.05, 4.69) is 0 Å². The summed E-state index contributed by atoms with van der Waals surface area (Å²) in [6.07, 6.45) is 2.55. The SMILES string of the molecule is CCOc1cccc(CCC2CC2C(=O)OC)c1O. The Hall–Kier alpha value is -1.71. The summed E-state index contributed by atoms with van der Waals surface area (Å²) in [7, 11) is 1.43. The first-order valence-electron chi connectivity index (χ1n) is 6.68. The summed E-state index contributed by atoms with van der Waals surface area (Å²) in [5, 5.41) is 10.1. The quantitative estimate of drug-likeness (QED) is 0.802. The lowest BCUT2D eigenvalue weighted by Crippen LogP contribution is -2.04. The molecule has 1 aliphatic carbocycles. The Bertz CT molecular complexity index is 455. The van der Waals surface area contributed by atoms with Crippen LogP contribution in [0.2, 0.25) is 0 Å². The molecule has 1 saturated carbocycles. The third kappa shape index (κ3) is 3.19. The van der Waals surface area contributed by atoms with Gasteiger partial charge >= 0.3 is 5.97 Å². The van der Waals surface area contributed by atoms with Gasteiger partial charge in [-0.05, 0) is 43.7 Å². The standard InChI is InChI=1S/C15H20O4/c1-3-19-13-6-4-5-10(14(13)16)7-8-11-9-12(11)15(17)18-2/h4-6,11-12,16H,3,7-9H2,1-2H3. The molecule has 1 N–H and O–H groups in total. The molecule has 0 spiro atoms. The topological polar surface area (TPSA) is 55.8 Å². The first-order chi connectivity index (χ1) is 9.17. The van der Waals surface area contributed by atoms with E-state index in [0.717, 1.165) is 24.8 Å². The predicted molar refractivity (Wildman–Crippen MR) is 71.2 cm³/mol. The van der Waals surface area contributed by atoms with Crippen LogP contribution in [0.4, 0.5) is 0 Å². The van der Waals surface area contributed by atoms with Gasteiger partial charge in [0.1, 0.15) is 0 Å². The van der Waals surface area contributed by atoms with E-state index in [1.165, 1.54) is 7.11 Å². The van der Waals surface area contributed by atoms with Gasteiger partial charge in [-0.2, -0.15) is 0 Å². The van der Waals surface area contributed by atoms with Crippen LogP contribution in [0, 0.1) is 11.8 Å². The number of hydrogen-bond donors (Lipinski definition) is 1. The summed E-state index contributed by atoms with van der Waals surface area (Å²) in [6, 6.07) is 5.54. The number of aryl methyl sites for hydroxylation is 1. The Morgan fingerprint density at radius 3 is 2.95 bits per heavy atom. The maximum atomic E-state index is 11.3. The summed E-state index contributed by atoms with van der Waals surface area (Å²) in [5.74, 6) is 1.09. The number of rotatable bonds is 6. The average molecular weight is 264 g/mol. The number of phenols is 1. The van der Waals surface area contributed by atoms with Crippen LogP contribution in [0.5, 0.6) is 11.5 Å². The molecule has 0 aliphatic heterocycles. The average Bonchev–Trinajstić information content (AvgIpc) is 3.19. The van der Waals surface area contributed by atoms with Gasteiger partial charge in [0.15, 0.2) is 11.5 Å². The van der Waals surface area contributed by atoms with Gasteiger partial charge in [-0.1, -0.05) is 12.1 Å². The molecule has 2 atom stereocenters. The second-order valence-electron chi connectivity index (χ2n) is 4.86. The van der Waals surface area contributed by atoms with Gasteiger partial charge in [-0.15, -0.1) is 0 Å². The maximum absolute atomic E-state index is 11.3. The molecule has 0 saturated heterocycles. The number of esters is 1. The molecule has 1 fully saturated rings. The van der Waals surface area contributed by atoms with Crippen LogP contribution in [-0.4, -0.2) is 24.8 Å². The van der Waals surface area contributed by atoms with Crippen LogP contribution >= 0.6 is 0 Å². The van der Waals surface area contributed by atoms with Gasteiger partial charge < -0.3 is 14.6 Å². The molecular weight excluding hydrogens is 244 g/mol. The van der Waals surface area contributed by atoms with Gasteiger partial charge in [0, 0.05) is 0 Å². The number of methoxy groups -OCH3 is 1. The fourth-order valence-electron chi connectivity index (χ4n) is 2.39. The summed E-state index contributed by atoms with van der Waals surface area (Å²) >= 11 is 0. The zero-order valence-electron chi connectivity index (χ0n) is 11.4. The Morgan fingerprint density at radius 1 is 1.47 bits per heavy atom. The van der Waals surface area contributed by atoms with E-state index < -0.39 is 0 Å². The Morgan fingerprint density at radius 2 is 2.26 bits per heavy atom. The van der Waals surface area contributed by atoms with Gasteiger partial charge in [0.25, 0.3) is 0 Å². The van der Waals surface area contributed by atoms with Crippen molar-refractivity contribution in [2.24, 2.45) is 11.8 Å². The van der Waals surface area contributed by atoms with E-state index in [0.29, 0.717) is 18.3 Å². The Labute approximate surface area is 113 Å². The van der Waals surface area contributed by atoms with Gasteiger partial charge in [0.05, 0.1) is 19.6 Å². The van der Waals surface area contributed by atoms with E-state index in [9.17, 15) is 9.90 Å². The van der Waals surface area contributed by atoms with Crippen molar-refractivity contribution in [3.8, 4) is 11.5 Å². The molecule has 19 heavy (non-hydrogen) atoms. The lowest BCUT2D eigenvalue weighted by Gasteiger charge is -2.09. The van der Waals surface area contributed by atoms with Crippen molar-refractivity contribution >= 4 is 5.97 Å². The van der Waals surface area contributed by atoms with Crippen molar-refractivity contribution in [3.05, 3.63) is 23.8 Å². The molecule has 0 aromatic heterocycles. The summed E-state index contributed by atoms with van der Waals surface area (Å²) in [6.45, 7) is 2.42. The molecule has 2 rings (SSSR count). The van der Waals surface area contributed by atoms with Crippen molar-refractivity contribution in [2.45, 2.75) is 26.2 Å². The van der Waals surface area contributed by atoms with Gasteiger partial charge in [-0.25, -0.2) is 0 Å². The van der Waals surface area contributed by atoms with Crippen LogP contribution < -0.4 is 4.74 Å². The van der Waals surface area contributed by atoms with Crippen LogP contribution in [0.3, 0.4) is 0 Å². The van der Waals surface area contributed by atoms with Gasteiger partial charge in [0.2, 0.25) is 0 Å². The lowest BCUT2D eigenvalue weighted by molar-refractivity contribution is -0.142. The highest BCUT2D eigenvalue weighted by molar-refractivity contribution is 5.75. The third-order valence-electron chi connectivity index (χ3n) is 3.59. The van der Waals surface area contributed by atoms with Crippen LogP contribution in [0.25, 0.3) is 0 Å². The van der Waals surface area contributed by atoms with E-state index >= 15 is 0 Å². The highest BCUT2D eigenvalue weighted by atomic mass is 16.5. The number of benzene rings is 1. The van der Waals surface area contributed by atoms with Crippen LogP contribution in [0.15, 0.2) is 18.2 Å². The number of para-hydroxylation sites is 1. The molecule has 104 valence electrons. The first-order valence-corrected chi connectivity index (χ1v) is 6.68. The Kier molecular flexibility index (Phi) is 4.30. The minimum Gasteiger partial charge on any atom is -0.504 e. The highest BCUT2D eigenvalue weighted by Crippen LogP contribution is 2.43. The van der Waals surface area contributed by atoms with Crippen molar-refractivity contribution in [2.75, 3.05) is 13.7 Å². The first kappa shape index (κ1) is 13.7. The number of ether oxygens (including phenoxy) is 2. The second kappa shape index (κ2) is 5.95. The van der Waals surface area contributed by atoms with Crippen molar-refractivity contribution in [3.63, 3.8) is 0 Å². The number of phenolic OH excluding ortho intramolecular Hbond substituents is 1. The summed E-state index contributed by atoms with van der Waals surface area (Å²) in [4.78, 5) is 11.3. The molecule has 1 aromatic carbocycles. The molecule has 0 amide bonds. The fourth-order valence-corrected chi connectivity index (χ4v) is 2.39. The molecule has 0 heterocycles. The van der Waals surface area contributed by atoms with Crippen molar-refractivity contribution in [1.29, 1.82) is 0 Å². The summed E-state index contributed by atoms with van der Waals surface area (Å²) < 4.78 is 10.1. The third-order valence-corrected chi connectivity index (χ3v) is 3.59. The molecular formula is C15H20O4. The van der Waals surface area contributed by atoms with Crippen LogP contribution in [-0.2, 0) is 16.0 Å². The minimum absolute atomic E-state index is 0.0576.